The van der Waals surface area contributed by atoms with Gasteiger partial charge in [0.1, 0.15) is 4.90 Å². The first-order valence-electron chi connectivity index (χ1n) is 8.08. The van der Waals surface area contributed by atoms with Gasteiger partial charge in [-0.15, -0.1) is 0 Å². The lowest BCUT2D eigenvalue weighted by Crippen LogP contribution is -2.23. The quantitative estimate of drug-likeness (QED) is 0.740. The highest BCUT2D eigenvalue weighted by molar-refractivity contribution is 7.87. The third-order valence-corrected chi connectivity index (χ3v) is 5.11. The Morgan fingerprint density at radius 2 is 1.72 bits per heavy atom. The number of rotatable bonds is 6. The second kappa shape index (κ2) is 7.14. The summed E-state index contributed by atoms with van der Waals surface area (Å²) in [5, 5.41) is 0. The lowest BCUT2D eigenvalue weighted by Gasteiger charge is -2.16. The summed E-state index contributed by atoms with van der Waals surface area (Å²) in [6.07, 6.45) is 1.34. The number of amides is 1. The molecule has 0 N–H and O–H groups in total. The highest BCUT2D eigenvalue weighted by atomic mass is 32.2. The number of anilines is 1. The Morgan fingerprint density at radius 3 is 2.32 bits per heavy atom. The number of benzene rings is 2. The van der Waals surface area contributed by atoms with E-state index in [1.165, 1.54) is 12.1 Å². The van der Waals surface area contributed by atoms with Gasteiger partial charge in [0, 0.05) is 18.7 Å². The van der Waals surface area contributed by atoms with Crippen LogP contribution in [0.4, 0.5) is 5.69 Å². The molecule has 2 aromatic rings. The smallest absolute Gasteiger partial charge is 0.339 e. The number of ether oxygens (including phenoxy) is 1. The van der Waals surface area contributed by atoms with Crippen LogP contribution < -0.4 is 13.8 Å². The average Bonchev–Trinajstić information content (AvgIpc) is 3.03. The Kier molecular flexibility index (Phi) is 4.94. The predicted octanol–water partition coefficient (Wildman–Crippen LogP) is 2.98. The molecule has 1 aliphatic heterocycles. The first kappa shape index (κ1) is 17.3. The van der Waals surface area contributed by atoms with Crippen molar-refractivity contribution in [1.82, 2.24) is 0 Å². The second-order valence-electron chi connectivity index (χ2n) is 5.56. The van der Waals surface area contributed by atoms with E-state index in [9.17, 15) is 13.2 Å². The molecule has 1 fully saturated rings. The van der Waals surface area contributed by atoms with E-state index in [2.05, 4.69) is 0 Å². The molecule has 1 heterocycles. The number of para-hydroxylation sites is 2. The van der Waals surface area contributed by atoms with Gasteiger partial charge in [-0.25, -0.2) is 0 Å². The van der Waals surface area contributed by atoms with Gasteiger partial charge in [0.2, 0.25) is 5.91 Å². The van der Waals surface area contributed by atoms with Crippen LogP contribution >= 0.6 is 0 Å². The fraction of sp³-hybridized carbons (Fsp3) is 0.278. The zero-order chi connectivity index (χ0) is 17.9. The van der Waals surface area contributed by atoms with Gasteiger partial charge in [-0.05, 0) is 49.7 Å². The molecule has 0 aromatic heterocycles. The van der Waals surface area contributed by atoms with Crippen molar-refractivity contribution in [3.05, 3.63) is 48.5 Å². The van der Waals surface area contributed by atoms with Gasteiger partial charge in [0.15, 0.2) is 11.5 Å². The summed E-state index contributed by atoms with van der Waals surface area (Å²) in [4.78, 5) is 13.4. The second-order valence-corrected chi connectivity index (χ2v) is 7.11. The van der Waals surface area contributed by atoms with Crippen molar-refractivity contribution in [3.63, 3.8) is 0 Å². The van der Waals surface area contributed by atoms with Gasteiger partial charge in [-0.2, -0.15) is 8.42 Å². The van der Waals surface area contributed by atoms with Crippen LogP contribution in [0.25, 0.3) is 0 Å². The van der Waals surface area contributed by atoms with E-state index < -0.39 is 10.1 Å². The van der Waals surface area contributed by atoms with E-state index in [4.69, 9.17) is 8.92 Å². The van der Waals surface area contributed by atoms with Crippen molar-refractivity contribution in [2.45, 2.75) is 24.7 Å². The van der Waals surface area contributed by atoms with Crippen molar-refractivity contribution >= 4 is 21.7 Å². The van der Waals surface area contributed by atoms with Crippen molar-refractivity contribution in [1.29, 1.82) is 0 Å². The average molecular weight is 361 g/mol. The van der Waals surface area contributed by atoms with E-state index >= 15 is 0 Å². The van der Waals surface area contributed by atoms with Crippen LogP contribution in [0, 0.1) is 0 Å². The number of hydrogen-bond acceptors (Lipinski definition) is 5. The predicted molar refractivity (Wildman–Crippen MR) is 93.5 cm³/mol. The number of carbonyl (C=O) groups excluding carboxylic acids is 1. The number of nitrogens with zero attached hydrogens (tertiary/aromatic N) is 1. The number of carbonyl (C=O) groups is 1. The van der Waals surface area contributed by atoms with Gasteiger partial charge in [0.25, 0.3) is 0 Å². The molecule has 1 saturated heterocycles. The first-order valence-corrected chi connectivity index (χ1v) is 9.49. The summed E-state index contributed by atoms with van der Waals surface area (Å²) < 4.78 is 35.6. The van der Waals surface area contributed by atoms with Gasteiger partial charge in [-0.3, -0.25) is 4.79 Å². The lowest BCUT2D eigenvalue weighted by molar-refractivity contribution is -0.117. The largest absolute Gasteiger partial charge is 0.490 e. The molecule has 0 atom stereocenters. The van der Waals surface area contributed by atoms with Crippen molar-refractivity contribution in [3.8, 4) is 11.5 Å². The van der Waals surface area contributed by atoms with Crippen LogP contribution in [0.5, 0.6) is 11.5 Å². The molecule has 0 aliphatic carbocycles. The molecule has 0 saturated carbocycles. The molecule has 3 rings (SSSR count). The maximum atomic E-state index is 12.5. The van der Waals surface area contributed by atoms with E-state index in [1.54, 1.807) is 41.3 Å². The Hall–Kier alpha value is -2.54. The zero-order valence-electron chi connectivity index (χ0n) is 13.8. The topological polar surface area (TPSA) is 72.9 Å². The highest BCUT2D eigenvalue weighted by Gasteiger charge is 2.23. The lowest BCUT2D eigenvalue weighted by atomic mass is 10.3. The van der Waals surface area contributed by atoms with Crippen LogP contribution in [0.1, 0.15) is 19.8 Å². The van der Waals surface area contributed by atoms with E-state index in [1.807, 2.05) is 6.92 Å². The van der Waals surface area contributed by atoms with Crippen LogP contribution in [-0.4, -0.2) is 27.5 Å². The third-order valence-electron chi connectivity index (χ3n) is 3.86. The minimum absolute atomic E-state index is 0.0224. The summed E-state index contributed by atoms with van der Waals surface area (Å²) in [7, 11) is -3.99. The summed E-state index contributed by atoms with van der Waals surface area (Å²) in [6, 6.07) is 12.7. The molecule has 7 heteroatoms. The van der Waals surface area contributed by atoms with Crippen LogP contribution in [0.2, 0.25) is 0 Å². The van der Waals surface area contributed by atoms with Crippen LogP contribution in [0.3, 0.4) is 0 Å². The van der Waals surface area contributed by atoms with Crippen LogP contribution in [0.15, 0.2) is 53.4 Å². The molecule has 1 aliphatic rings. The fourth-order valence-electron chi connectivity index (χ4n) is 2.67. The summed E-state index contributed by atoms with van der Waals surface area (Å²) >= 11 is 0. The molecule has 0 unspecified atom stereocenters. The normalized spacial score (nSPS) is 14.6. The highest BCUT2D eigenvalue weighted by Crippen LogP contribution is 2.30. The van der Waals surface area contributed by atoms with Gasteiger partial charge < -0.3 is 13.8 Å². The molecule has 0 bridgehead atoms. The molecule has 132 valence electrons. The fourth-order valence-corrected chi connectivity index (χ4v) is 3.61. The van der Waals surface area contributed by atoms with Gasteiger partial charge in [-0.1, -0.05) is 12.1 Å². The summed E-state index contributed by atoms with van der Waals surface area (Å²) in [5.41, 5.74) is 0.691. The molecular weight excluding hydrogens is 342 g/mol. The molecule has 2 aromatic carbocycles. The molecule has 0 radical (unpaired) electrons. The van der Waals surface area contributed by atoms with Gasteiger partial charge >= 0.3 is 10.1 Å². The maximum Gasteiger partial charge on any atom is 0.339 e. The van der Waals surface area contributed by atoms with E-state index in [0.29, 0.717) is 31.0 Å². The molecule has 6 nitrogen and oxygen atoms in total. The van der Waals surface area contributed by atoms with Crippen LogP contribution in [-0.2, 0) is 14.9 Å². The van der Waals surface area contributed by atoms with E-state index in [0.717, 1.165) is 6.42 Å². The molecule has 1 amide bonds. The Labute approximate surface area is 147 Å². The Morgan fingerprint density at radius 1 is 1.04 bits per heavy atom. The molecule has 0 spiro atoms. The Balaban J connectivity index is 1.82. The Bertz CT molecular complexity index is 861. The van der Waals surface area contributed by atoms with Crippen molar-refractivity contribution < 1.29 is 22.1 Å². The van der Waals surface area contributed by atoms with Crippen molar-refractivity contribution in [2.24, 2.45) is 0 Å². The summed E-state index contributed by atoms with van der Waals surface area (Å²) in [5.74, 6) is 0.563. The minimum atomic E-state index is -3.99. The third kappa shape index (κ3) is 3.76. The van der Waals surface area contributed by atoms with Gasteiger partial charge in [0.05, 0.1) is 6.61 Å². The van der Waals surface area contributed by atoms with E-state index in [-0.39, 0.29) is 16.6 Å². The minimum Gasteiger partial charge on any atom is -0.490 e. The molecule has 25 heavy (non-hydrogen) atoms. The number of hydrogen-bond donors (Lipinski definition) is 0. The standard InChI is InChI=1S/C18H19NO5S/c1-2-23-16-6-3-4-7-17(16)24-25(21,22)15-11-9-14(10-12-15)19-13-5-8-18(19)20/h3-4,6-7,9-12H,2,5,8,13H2,1H3. The first-order chi connectivity index (χ1) is 12.0. The van der Waals surface area contributed by atoms with Crippen molar-refractivity contribution in [2.75, 3.05) is 18.1 Å². The monoisotopic (exact) mass is 361 g/mol. The molecular formula is C18H19NO5S. The summed E-state index contributed by atoms with van der Waals surface area (Å²) in [6.45, 7) is 2.87. The SMILES string of the molecule is CCOc1ccccc1OS(=O)(=O)c1ccc(N2CCCC2=O)cc1. The maximum absolute atomic E-state index is 12.5. The zero-order valence-corrected chi connectivity index (χ0v) is 14.7.